The van der Waals surface area contributed by atoms with Gasteiger partial charge in [-0.05, 0) is 39.1 Å². The first-order valence-corrected chi connectivity index (χ1v) is 9.05. The molecule has 0 unspecified atom stereocenters. The van der Waals surface area contributed by atoms with Crippen molar-refractivity contribution in [3.63, 3.8) is 0 Å². The molecule has 0 saturated carbocycles. The minimum Gasteiger partial charge on any atom is -0.363 e. The maximum absolute atomic E-state index is 3.29. The molecule has 2 nitrogen and oxygen atoms in total. The van der Waals surface area contributed by atoms with Gasteiger partial charge in [0.25, 0.3) is 0 Å². The van der Waals surface area contributed by atoms with Crippen LogP contribution in [0.4, 0.5) is 5.69 Å². The van der Waals surface area contributed by atoms with Crippen molar-refractivity contribution in [3.8, 4) is 11.8 Å². The van der Waals surface area contributed by atoms with Gasteiger partial charge in [-0.3, -0.25) is 4.90 Å². The first-order valence-electron chi connectivity index (χ1n) is 9.05. The minimum absolute atomic E-state index is 0.786. The van der Waals surface area contributed by atoms with Crippen molar-refractivity contribution in [1.29, 1.82) is 0 Å². The van der Waals surface area contributed by atoms with Gasteiger partial charge in [0.1, 0.15) is 0 Å². The van der Waals surface area contributed by atoms with Gasteiger partial charge in [0.2, 0.25) is 0 Å². The molecule has 128 valence electrons. The second-order valence-corrected chi connectivity index (χ2v) is 6.55. The number of hydrogen-bond acceptors (Lipinski definition) is 2. The molecule has 1 aromatic carbocycles. The van der Waals surface area contributed by atoms with E-state index < -0.39 is 0 Å². The zero-order valence-corrected chi connectivity index (χ0v) is 15.6. The molecule has 0 spiro atoms. The first-order chi connectivity index (χ1) is 11.1. The lowest BCUT2D eigenvalue weighted by Gasteiger charge is -2.16. The number of hydrogen-bond donors (Lipinski definition) is 0. The molecule has 1 rings (SSSR count). The van der Waals surface area contributed by atoms with Crippen LogP contribution in [0.1, 0.15) is 51.0 Å². The lowest BCUT2D eigenvalue weighted by Crippen LogP contribution is -2.21. The van der Waals surface area contributed by atoms with Gasteiger partial charge in [0.15, 0.2) is 0 Å². The Morgan fingerprint density at radius 2 is 1.43 bits per heavy atom. The zero-order chi connectivity index (χ0) is 16.9. The fourth-order valence-electron chi connectivity index (χ4n) is 2.50. The number of rotatable bonds is 10. The topological polar surface area (TPSA) is 6.48 Å². The van der Waals surface area contributed by atoms with Crippen LogP contribution in [-0.2, 0) is 0 Å². The van der Waals surface area contributed by atoms with Gasteiger partial charge in [-0.15, -0.1) is 0 Å². The normalized spacial score (nSPS) is 10.5. The van der Waals surface area contributed by atoms with Crippen LogP contribution in [0.15, 0.2) is 24.3 Å². The van der Waals surface area contributed by atoms with E-state index in [0.717, 1.165) is 19.6 Å². The van der Waals surface area contributed by atoms with Crippen molar-refractivity contribution in [2.75, 3.05) is 38.6 Å². The molecule has 0 amide bonds. The highest BCUT2D eigenvalue weighted by Crippen LogP contribution is 2.12. The fraction of sp³-hybridized carbons (Fsp3) is 0.619. The lowest BCUT2D eigenvalue weighted by molar-refractivity contribution is 0.361. The fourth-order valence-corrected chi connectivity index (χ4v) is 2.50. The second kappa shape index (κ2) is 12.0. The molecule has 0 atom stereocenters. The molecule has 0 saturated heterocycles. The largest absolute Gasteiger partial charge is 0.363 e. The van der Waals surface area contributed by atoms with Crippen molar-refractivity contribution < 1.29 is 0 Å². The molecular formula is C21H34N2. The maximum Gasteiger partial charge on any atom is 0.0791 e. The Morgan fingerprint density at radius 3 is 2.13 bits per heavy atom. The van der Waals surface area contributed by atoms with E-state index >= 15 is 0 Å². The van der Waals surface area contributed by atoms with Crippen molar-refractivity contribution in [3.05, 3.63) is 29.8 Å². The predicted molar refractivity (Wildman–Crippen MR) is 103 cm³/mol. The van der Waals surface area contributed by atoms with Crippen LogP contribution in [-0.4, -0.2) is 38.6 Å². The van der Waals surface area contributed by atoms with Crippen LogP contribution in [0.2, 0.25) is 0 Å². The number of unbranched alkanes of at least 4 members (excludes halogenated alkanes) is 5. The van der Waals surface area contributed by atoms with E-state index in [1.54, 1.807) is 0 Å². The molecule has 0 aliphatic heterocycles. The van der Waals surface area contributed by atoms with Gasteiger partial charge in [0, 0.05) is 12.7 Å². The Bertz CT molecular complexity index is 467. The highest BCUT2D eigenvalue weighted by molar-refractivity contribution is 5.47. The van der Waals surface area contributed by atoms with Gasteiger partial charge in [-0.1, -0.05) is 68.6 Å². The van der Waals surface area contributed by atoms with Crippen LogP contribution >= 0.6 is 0 Å². The highest BCUT2D eigenvalue weighted by atomic mass is 15.1. The Morgan fingerprint density at radius 1 is 0.826 bits per heavy atom. The molecule has 23 heavy (non-hydrogen) atoms. The first kappa shape index (κ1) is 19.6. The SMILES string of the molecule is CCCCCCCCN(C)CC#CCN(C)c1ccc(C)cc1. The minimum atomic E-state index is 0.786. The Kier molecular flexibility index (Phi) is 10.2. The summed E-state index contributed by atoms with van der Waals surface area (Å²) in [6, 6.07) is 8.60. The van der Waals surface area contributed by atoms with Crippen molar-refractivity contribution in [2.24, 2.45) is 0 Å². The molecule has 0 heterocycles. The molecule has 2 heteroatoms. The average molecular weight is 315 g/mol. The molecule has 0 bridgehead atoms. The third kappa shape index (κ3) is 9.31. The molecule has 0 N–H and O–H groups in total. The number of nitrogens with zero attached hydrogens (tertiary/aromatic N) is 2. The maximum atomic E-state index is 3.29. The monoisotopic (exact) mass is 314 g/mol. The smallest absolute Gasteiger partial charge is 0.0791 e. The number of anilines is 1. The van der Waals surface area contributed by atoms with Crippen molar-refractivity contribution in [2.45, 2.75) is 52.4 Å². The summed E-state index contributed by atoms with van der Waals surface area (Å²) in [5.41, 5.74) is 2.52. The number of aryl methyl sites for hydroxylation is 1. The van der Waals surface area contributed by atoms with E-state index in [-0.39, 0.29) is 0 Å². The Hall–Kier alpha value is -1.46. The van der Waals surface area contributed by atoms with E-state index in [1.807, 2.05) is 0 Å². The second-order valence-electron chi connectivity index (χ2n) is 6.55. The summed E-state index contributed by atoms with van der Waals surface area (Å²) in [7, 11) is 4.27. The quantitative estimate of drug-likeness (QED) is 0.455. The van der Waals surface area contributed by atoms with Gasteiger partial charge < -0.3 is 4.90 Å². The molecule has 0 aliphatic rings. The highest BCUT2D eigenvalue weighted by Gasteiger charge is 1.98. The van der Waals surface area contributed by atoms with Gasteiger partial charge in [-0.2, -0.15) is 0 Å². The molecule has 1 aromatic rings. The van der Waals surface area contributed by atoms with Crippen LogP contribution in [0, 0.1) is 18.8 Å². The van der Waals surface area contributed by atoms with Crippen molar-refractivity contribution >= 4 is 5.69 Å². The summed E-state index contributed by atoms with van der Waals surface area (Å²) < 4.78 is 0. The molecule has 0 fully saturated rings. The van der Waals surface area contributed by atoms with Crippen molar-refractivity contribution in [1.82, 2.24) is 4.90 Å². The molecule has 0 radical (unpaired) electrons. The van der Waals surface area contributed by atoms with Gasteiger partial charge in [0.05, 0.1) is 13.1 Å². The van der Waals surface area contributed by atoms with E-state index in [4.69, 9.17) is 0 Å². The summed E-state index contributed by atoms with van der Waals surface area (Å²) in [4.78, 5) is 4.53. The van der Waals surface area contributed by atoms with Crippen LogP contribution in [0.25, 0.3) is 0 Å². The van der Waals surface area contributed by atoms with E-state index in [1.165, 1.54) is 49.8 Å². The molecule has 0 aliphatic carbocycles. The summed E-state index contributed by atoms with van der Waals surface area (Å²) in [5, 5.41) is 0. The molecule has 0 aromatic heterocycles. The standard InChI is InChI=1S/C21H34N2/c1-5-6-7-8-9-10-17-22(3)18-11-12-19-23(4)21-15-13-20(2)14-16-21/h13-16H,5-10,17-19H2,1-4H3. The summed E-state index contributed by atoms with van der Waals surface area (Å²) in [6.45, 7) is 7.20. The third-order valence-electron chi connectivity index (χ3n) is 4.16. The third-order valence-corrected chi connectivity index (χ3v) is 4.16. The average Bonchev–Trinajstić information content (AvgIpc) is 2.55. The summed E-state index contributed by atoms with van der Waals surface area (Å²) >= 11 is 0. The summed E-state index contributed by atoms with van der Waals surface area (Å²) in [5.74, 6) is 6.57. The van der Waals surface area contributed by atoms with Crippen LogP contribution < -0.4 is 4.90 Å². The Labute approximate surface area is 143 Å². The number of benzene rings is 1. The van der Waals surface area contributed by atoms with Crippen LogP contribution in [0.3, 0.4) is 0 Å². The van der Waals surface area contributed by atoms with Crippen LogP contribution in [0.5, 0.6) is 0 Å². The van der Waals surface area contributed by atoms with Gasteiger partial charge >= 0.3 is 0 Å². The van der Waals surface area contributed by atoms with E-state index in [0.29, 0.717) is 0 Å². The van der Waals surface area contributed by atoms with E-state index in [9.17, 15) is 0 Å². The Balaban J connectivity index is 2.15. The predicted octanol–water partition coefficient (Wildman–Crippen LogP) is 4.73. The molecular weight excluding hydrogens is 280 g/mol. The summed E-state index contributed by atoms with van der Waals surface area (Å²) in [6.07, 6.45) is 8.14. The lowest BCUT2D eigenvalue weighted by atomic mass is 10.1. The zero-order valence-electron chi connectivity index (χ0n) is 15.6. The van der Waals surface area contributed by atoms with Gasteiger partial charge in [-0.25, -0.2) is 0 Å². The van der Waals surface area contributed by atoms with E-state index in [2.05, 4.69) is 73.8 Å².